The second-order valence-corrected chi connectivity index (χ2v) is 11.4. The Labute approximate surface area is 240 Å². The summed E-state index contributed by atoms with van der Waals surface area (Å²) < 4.78 is 22.8. The average molecular weight is 579 g/mol. The molecule has 1 aromatic rings. The van der Waals surface area contributed by atoms with Crippen LogP contribution in [0.3, 0.4) is 0 Å². The van der Waals surface area contributed by atoms with Crippen molar-refractivity contribution in [2.75, 3.05) is 18.8 Å². The van der Waals surface area contributed by atoms with Gasteiger partial charge in [-0.2, -0.15) is 0 Å². The number of carbonyl (C=O) groups excluding carboxylic acids is 4. The highest BCUT2D eigenvalue weighted by Crippen LogP contribution is 2.33. The molecule has 2 fully saturated rings. The molecule has 2 saturated heterocycles. The fraction of sp³-hybridized carbons (Fsp3) is 0.655. The molecular formula is C29H42N2O8S. The van der Waals surface area contributed by atoms with Crippen LogP contribution in [-0.4, -0.2) is 77.5 Å². The summed E-state index contributed by atoms with van der Waals surface area (Å²) in [6, 6.07) is 8.75. The van der Waals surface area contributed by atoms with Crippen LogP contribution in [0, 0.1) is 0 Å². The lowest BCUT2D eigenvalue weighted by molar-refractivity contribution is -0.192. The fourth-order valence-electron chi connectivity index (χ4n) is 4.93. The zero-order valence-corrected chi connectivity index (χ0v) is 24.5. The number of carbonyl (C=O) groups is 4. The van der Waals surface area contributed by atoms with Crippen molar-refractivity contribution in [3.05, 3.63) is 35.9 Å². The molecule has 11 heteroatoms. The van der Waals surface area contributed by atoms with Gasteiger partial charge in [-0.15, -0.1) is 11.8 Å². The first-order chi connectivity index (χ1) is 19.3. The van der Waals surface area contributed by atoms with Gasteiger partial charge in [-0.05, 0) is 30.6 Å². The van der Waals surface area contributed by atoms with Crippen LogP contribution >= 0.6 is 11.8 Å². The molecule has 5 unspecified atom stereocenters. The monoisotopic (exact) mass is 578 g/mol. The Morgan fingerprint density at radius 1 is 1.05 bits per heavy atom. The van der Waals surface area contributed by atoms with Crippen LogP contribution < -0.4 is 5.32 Å². The van der Waals surface area contributed by atoms with E-state index in [2.05, 4.69) is 12.2 Å². The summed E-state index contributed by atoms with van der Waals surface area (Å²) >= 11 is 1.53. The minimum absolute atomic E-state index is 0.138. The first kappa shape index (κ1) is 31.7. The molecule has 2 amide bonds. The minimum Gasteiger partial charge on any atom is -0.458 e. The Morgan fingerprint density at radius 3 is 2.50 bits per heavy atom. The van der Waals surface area contributed by atoms with E-state index in [0.29, 0.717) is 19.4 Å². The highest BCUT2D eigenvalue weighted by molar-refractivity contribution is 7.99. The zero-order valence-electron chi connectivity index (χ0n) is 23.7. The number of likely N-dealkylation sites (tertiary alicyclic amines) is 1. The van der Waals surface area contributed by atoms with E-state index in [1.54, 1.807) is 0 Å². The minimum atomic E-state index is -0.741. The maximum atomic E-state index is 13.1. The number of hydrogen-bond acceptors (Lipinski definition) is 9. The van der Waals surface area contributed by atoms with E-state index in [9.17, 15) is 19.2 Å². The summed E-state index contributed by atoms with van der Waals surface area (Å²) in [6.45, 7) is 5.53. The molecule has 0 spiro atoms. The van der Waals surface area contributed by atoms with Crippen LogP contribution in [0.5, 0.6) is 0 Å². The maximum Gasteiger partial charge on any atom is 0.410 e. The molecule has 1 N–H and O–H groups in total. The predicted octanol–water partition coefficient (Wildman–Crippen LogP) is 4.20. The summed E-state index contributed by atoms with van der Waals surface area (Å²) in [5.74, 6) is -0.437. The Morgan fingerprint density at radius 2 is 1.80 bits per heavy atom. The number of hydrogen-bond donors (Lipinski definition) is 1. The topological polar surface area (TPSA) is 120 Å². The second-order valence-electron chi connectivity index (χ2n) is 10.2. The van der Waals surface area contributed by atoms with Crippen LogP contribution in [0.1, 0.15) is 71.3 Å². The quantitative estimate of drug-likeness (QED) is 0.209. The number of nitrogens with one attached hydrogen (secondary N) is 1. The maximum absolute atomic E-state index is 13.1. The molecule has 2 heterocycles. The van der Waals surface area contributed by atoms with Crippen molar-refractivity contribution in [3.8, 4) is 0 Å². The lowest BCUT2D eigenvalue weighted by atomic mass is 10.0. The SMILES string of the molecule is CCCCCCSC1OC(CNC(=O)C2CCCN2C(=O)OCc2ccccc2)CC(OC(C)=O)C1OC(C)=O. The number of thioether (sulfide) groups is 1. The van der Waals surface area contributed by atoms with Crippen molar-refractivity contribution >= 4 is 35.7 Å². The van der Waals surface area contributed by atoms with Gasteiger partial charge in [0.25, 0.3) is 0 Å². The molecule has 222 valence electrons. The Hall–Kier alpha value is -2.79. The van der Waals surface area contributed by atoms with Crippen molar-refractivity contribution in [1.29, 1.82) is 0 Å². The number of unbranched alkanes of at least 4 members (excludes halogenated alkanes) is 3. The molecule has 0 saturated carbocycles. The molecule has 40 heavy (non-hydrogen) atoms. The molecule has 2 aliphatic rings. The highest BCUT2D eigenvalue weighted by atomic mass is 32.2. The van der Waals surface area contributed by atoms with Crippen molar-refractivity contribution in [3.63, 3.8) is 0 Å². The first-order valence-corrected chi connectivity index (χ1v) is 15.2. The second kappa shape index (κ2) is 16.5. The molecular weight excluding hydrogens is 536 g/mol. The molecule has 5 atom stereocenters. The van der Waals surface area contributed by atoms with Gasteiger partial charge in [0.15, 0.2) is 6.10 Å². The van der Waals surface area contributed by atoms with Gasteiger partial charge in [0.05, 0.1) is 6.10 Å². The third kappa shape index (κ3) is 9.99. The zero-order chi connectivity index (χ0) is 28.9. The normalized spacial score (nSPS) is 24.3. The van der Waals surface area contributed by atoms with Gasteiger partial charge in [-0.3, -0.25) is 19.3 Å². The molecule has 1 aromatic carbocycles. The predicted molar refractivity (Wildman–Crippen MR) is 150 cm³/mol. The van der Waals surface area contributed by atoms with Crippen LogP contribution in [0.15, 0.2) is 30.3 Å². The molecule has 0 radical (unpaired) electrons. The number of nitrogens with zero attached hydrogens (tertiary/aromatic N) is 1. The number of esters is 2. The largest absolute Gasteiger partial charge is 0.458 e. The molecule has 0 aliphatic carbocycles. The van der Waals surface area contributed by atoms with Crippen molar-refractivity contribution in [1.82, 2.24) is 10.2 Å². The Kier molecular flexibility index (Phi) is 13.1. The summed E-state index contributed by atoms with van der Waals surface area (Å²) in [7, 11) is 0. The number of ether oxygens (including phenoxy) is 4. The number of amides is 2. The third-order valence-electron chi connectivity index (χ3n) is 6.85. The van der Waals surface area contributed by atoms with Crippen molar-refractivity contribution < 1.29 is 38.1 Å². The van der Waals surface area contributed by atoms with Crippen LogP contribution in [-0.2, 0) is 39.9 Å². The average Bonchev–Trinajstić information content (AvgIpc) is 3.42. The van der Waals surface area contributed by atoms with Crippen molar-refractivity contribution in [2.45, 2.75) is 102 Å². The summed E-state index contributed by atoms with van der Waals surface area (Å²) in [6.07, 6.45) is 3.43. The standard InChI is InChI=1S/C29H42N2O8S/c1-4-5-6-10-16-40-28-26(38-21(3)33)25(37-20(2)32)17-23(39-28)18-30-27(34)24-14-11-15-31(24)29(35)36-19-22-12-8-7-9-13-22/h7-9,12-13,23-26,28H,4-6,10-11,14-19H2,1-3H3,(H,30,34). The number of rotatable bonds is 13. The van der Waals surface area contributed by atoms with E-state index in [4.69, 9.17) is 18.9 Å². The molecule has 2 aliphatic heterocycles. The molecule has 10 nitrogen and oxygen atoms in total. The van der Waals surface area contributed by atoms with Gasteiger partial charge >= 0.3 is 18.0 Å². The fourth-order valence-corrected chi connectivity index (χ4v) is 6.19. The van der Waals surface area contributed by atoms with E-state index < -0.39 is 47.8 Å². The summed E-state index contributed by atoms with van der Waals surface area (Å²) in [4.78, 5) is 51.0. The van der Waals surface area contributed by atoms with Gasteiger partial charge in [0.1, 0.15) is 24.2 Å². The van der Waals surface area contributed by atoms with Gasteiger partial charge in [0, 0.05) is 33.4 Å². The van der Waals surface area contributed by atoms with Crippen LogP contribution in [0.2, 0.25) is 0 Å². The van der Waals surface area contributed by atoms with E-state index in [1.807, 2.05) is 30.3 Å². The van der Waals surface area contributed by atoms with Crippen molar-refractivity contribution in [2.24, 2.45) is 0 Å². The molecule has 0 bridgehead atoms. The van der Waals surface area contributed by atoms with E-state index >= 15 is 0 Å². The van der Waals surface area contributed by atoms with Gasteiger partial charge in [0.2, 0.25) is 5.91 Å². The first-order valence-electron chi connectivity index (χ1n) is 14.1. The smallest absolute Gasteiger partial charge is 0.410 e. The lowest BCUT2D eigenvalue weighted by Gasteiger charge is -2.40. The Bertz CT molecular complexity index is 978. The Balaban J connectivity index is 1.58. The van der Waals surface area contributed by atoms with Gasteiger partial charge in [-0.1, -0.05) is 56.5 Å². The van der Waals surface area contributed by atoms with Gasteiger partial charge < -0.3 is 24.3 Å². The van der Waals surface area contributed by atoms with Gasteiger partial charge in [-0.25, -0.2) is 4.79 Å². The van der Waals surface area contributed by atoms with E-state index in [0.717, 1.165) is 37.0 Å². The highest BCUT2D eigenvalue weighted by Gasteiger charge is 2.44. The summed E-state index contributed by atoms with van der Waals surface area (Å²) in [5.41, 5.74) is 0.333. The molecule has 3 rings (SSSR count). The third-order valence-corrected chi connectivity index (χ3v) is 8.09. The lowest BCUT2D eigenvalue weighted by Crippen LogP contribution is -2.54. The molecule has 0 aromatic heterocycles. The van der Waals surface area contributed by atoms with E-state index in [1.165, 1.54) is 30.5 Å². The van der Waals surface area contributed by atoms with Crippen LogP contribution in [0.25, 0.3) is 0 Å². The van der Waals surface area contributed by atoms with Crippen LogP contribution in [0.4, 0.5) is 4.79 Å². The number of benzene rings is 1. The summed E-state index contributed by atoms with van der Waals surface area (Å²) in [5, 5.41) is 2.92. The van der Waals surface area contributed by atoms with E-state index in [-0.39, 0.29) is 25.5 Å².